The van der Waals surface area contributed by atoms with Crippen molar-refractivity contribution in [2.75, 3.05) is 25.6 Å². The van der Waals surface area contributed by atoms with E-state index < -0.39 is 29.8 Å². The molecule has 0 unspecified atom stereocenters. The zero-order valence-electron chi connectivity index (χ0n) is 15.8. The van der Waals surface area contributed by atoms with Crippen LogP contribution in [0.1, 0.15) is 37.5 Å². The van der Waals surface area contributed by atoms with Crippen LogP contribution < -0.4 is 10.1 Å². The fraction of sp³-hybridized carbons (Fsp3) is 0.250. The molecule has 0 bridgehead atoms. The SMILES string of the molecule is COCCCN1C(=O)c2ccc(C(=O)Nc3ccc(OC(F)(F)F)cc3)cc2C1=O. The molecule has 0 spiro atoms. The molecule has 158 valence electrons. The molecule has 0 saturated heterocycles. The van der Waals surface area contributed by atoms with Gasteiger partial charge in [0.1, 0.15) is 5.75 Å². The zero-order valence-corrected chi connectivity index (χ0v) is 15.8. The topological polar surface area (TPSA) is 84.9 Å². The number of carbonyl (C=O) groups is 3. The molecule has 3 amide bonds. The third kappa shape index (κ3) is 4.77. The van der Waals surface area contributed by atoms with Crippen molar-refractivity contribution in [2.45, 2.75) is 12.8 Å². The maximum atomic E-state index is 12.5. The van der Waals surface area contributed by atoms with Gasteiger partial charge in [0.25, 0.3) is 17.7 Å². The van der Waals surface area contributed by atoms with Gasteiger partial charge < -0.3 is 14.8 Å². The third-order valence-electron chi connectivity index (χ3n) is 4.31. The van der Waals surface area contributed by atoms with E-state index in [1.165, 1.54) is 37.4 Å². The summed E-state index contributed by atoms with van der Waals surface area (Å²) in [7, 11) is 1.52. The first-order valence-electron chi connectivity index (χ1n) is 8.86. The third-order valence-corrected chi connectivity index (χ3v) is 4.31. The molecule has 2 aromatic rings. The van der Waals surface area contributed by atoms with E-state index in [1.54, 1.807) is 0 Å². The average Bonchev–Trinajstić information content (AvgIpc) is 2.93. The molecule has 1 N–H and O–H groups in total. The molecule has 0 aromatic heterocycles. The molecule has 1 aliphatic heterocycles. The van der Waals surface area contributed by atoms with Crippen LogP contribution in [0.5, 0.6) is 5.75 Å². The lowest BCUT2D eigenvalue weighted by Crippen LogP contribution is -2.31. The first-order chi connectivity index (χ1) is 14.2. The van der Waals surface area contributed by atoms with Crippen LogP contribution in [0.25, 0.3) is 0 Å². The van der Waals surface area contributed by atoms with Crippen LogP contribution in [0, 0.1) is 0 Å². The number of hydrogen-bond acceptors (Lipinski definition) is 5. The summed E-state index contributed by atoms with van der Waals surface area (Å²) in [4.78, 5) is 38.5. The van der Waals surface area contributed by atoms with Gasteiger partial charge >= 0.3 is 6.36 Å². The highest BCUT2D eigenvalue weighted by molar-refractivity contribution is 6.22. The van der Waals surface area contributed by atoms with Crippen molar-refractivity contribution in [3.63, 3.8) is 0 Å². The molecule has 1 heterocycles. The molecule has 0 saturated carbocycles. The summed E-state index contributed by atoms with van der Waals surface area (Å²) in [6.45, 7) is 0.599. The Bertz CT molecular complexity index is 973. The van der Waals surface area contributed by atoms with Gasteiger partial charge in [0.15, 0.2) is 0 Å². The predicted molar refractivity (Wildman–Crippen MR) is 99.4 cm³/mol. The number of nitrogens with zero attached hydrogens (tertiary/aromatic N) is 1. The van der Waals surface area contributed by atoms with Crippen molar-refractivity contribution in [2.24, 2.45) is 0 Å². The van der Waals surface area contributed by atoms with Crippen LogP contribution in [0.4, 0.5) is 18.9 Å². The normalized spacial score (nSPS) is 13.4. The number of hydrogen-bond donors (Lipinski definition) is 1. The van der Waals surface area contributed by atoms with Crippen molar-refractivity contribution in [1.29, 1.82) is 0 Å². The van der Waals surface area contributed by atoms with E-state index in [4.69, 9.17) is 4.74 Å². The van der Waals surface area contributed by atoms with E-state index in [2.05, 4.69) is 10.1 Å². The maximum absolute atomic E-state index is 12.5. The van der Waals surface area contributed by atoms with E-state index in [0.717, 1.165) is 17.0 Å². The standard InChI is InChI=1S/C20H17F3N2O5/c1-29-10-2-9-25-18(27)15-8-3-12(11-16(15)19(25)28)17(26)24-13-4-6-14(7-5-13)30-20(21,22)23/h3-8,11H,2,9-10H2,1H3,(H,24,26). The maximum Gasteiger partial charge on any atom is 0.573 e. The Morgan fingerprint density at radius 1 is 1.03 bits per heavy atom. The fourth-order valence-corrected chi connectivity index (χ4v) is 2.95. The lowest BCUT2D eigenvalue weighted by atomic mass is 10.1. The number of anilines is 1. The largest absolute Gasteiger partial charge is 0.573 e. The quantitative estimate of drug-likeness (QED) is 0.546. The number of alkyl halides is 3. The highest BCUT2D eigenvalue weighted by Gasteiger charge is 2.35. The van der Waals surface area contributed by atoms with Crippen molar-refractivity contribution >= 4 is 23.4 Å². The summed E-state index contributed by atoms with van der Waals surface area (Å²) in [6, 6.07) is 8.75. The van der Waals surface area contributed by atoms with E-state index >= 15 is 0 Å². The second-order valence-corrected chi connectivity index (χ2v) is 6.39. The van der Waals surface area contributed by atoms with Crippen LogP contribution >= 0.6 is 0 Å². The number of amides is 3. The van der Waals surface area contributed by atoms with Gasteiger partial charge in [-0.3, -0.25) is 19.3 Å². The van der Waals surface area contributed by atoms with Crippen molar-refractivity contribution in [3.05, 3.63) is 59.2 Å². The van der Waals surface area contributed by atoms with E-state index in [1.807, 2.05) is 0 Å². The minimum Gasteiger partial charge on any atom is -0.406 e. The Morgan fingerprint density at radius 2 is 1.70 bits per heavy atom. The number of imide groups is 1. The van der Waals surface area contributed by atoms with Crippen LogP contribution in [0.2, 0.25) is 0 Å². The van der Waals surface area contributed by atoms with Gasteiger partial charge in [0.2, 0.25) is 0 Å². The van der Waals surface area contributed by atoms with Gasteiger partial charge in [-0.1, -0.05) is 0 Å². The van der Waals surface area contributed by atoms with Gasteiger partial charge in [0.05, 0.1) is 11.1 Å². The molecule has 10 heteroatoms. The zero-order chi connectivity index (χ0) is 21.9. The Morgan fingerprint density at radius 3 is 2.33 bits per heavy atom. The lowest BCUT2D eigenvalue weighted by Gasteiger charge is -2.12. The monoisotopic (exact) mass is 422 g/mol. The minimum absolute atomic E-state index is 0.124. The number of rotatable bonds is 7. The number of benzene rings is 2. The summed E-state index contributed by atoms with van der Waals surface area (Å²) in [5, 5.41) is 2.52. The number of nitrogens with one attached hydrogen (secondary N) is 1. The second kappa shape index (κ2) is 8.54. The van der Waals surface area contributed by atoms with Crippen LogP contribution in [0.3, 0.4) is 0 Å². The minimum atomic E-state index is -4.81. The Hall–Kier alpha value is -3.40. The number of ether oxygens (including phenoxy) is 2. The number of carbonyl (C=O) groups excluding carboxylic acids is 3. The summed E-state index contributed by atoms with van der Waals surface area (Å²) < 4.78 is 45.3. The molecular formula is C20H17F3N2O5. The molecule has 7 nitrogen and oxygen atoms in total. The molecule has 30 heavy (non-hydrogen) atoms. The lowest BCUT2D eigenvalue weighted by molar-refractivity contribution is -0.274. The van der Waals surface area contributed by atoms with Gasteiger partial charge in [-0.15, -0.1) is 13.2 Å². The molecule has 0 aliphatic carbocycles. The first-order valence-corrected chi connectivity index (χ1v) is 8.86. The molecule has 3 rings (SSSR count). The first kappa shape index (κ1) is 21.3. The summed E-state index contributed by atoms with van der Waals surface area (Å²) >= 11 is 0. The second-order valence-electron chi connectivity index (χ2n) is 6.39. The molecule has 2 aromatic carbocycles. The number of fused-ring (bicyclic) bond motifs is 1. The Balaban J connectivity index is 1.70. The molecular weight excluding hydrogens is 405 g/mol. The van der Waals surface area contributed by atoms with Crippen LogP contribution in [0.15, 0.2) is 42.5 Å². The highest BCUT2D eigenvalue weighted by atomic mass is 19.4. The van der Waals surface area contributed by atoms with Gasteiger partial charge in [-0.25, -0.2) is 0 Å². The van der Waals surface area contributed by atoms with Crippen molar-refractivity contribution in [3.8, 4) is 5.75 Å². The van der Waals surface area contributed by atoms with Gasteiger partial charge in [0, 0.05) is 31.5 Å². The summed E-state index contributed by atoms with van der Waals surface area (Å²) in [5.41, 5.74) is 0.699. The van der Waals surface area contributed by atoms with Crippen molar-refractivity contribution in [1.82, 2.24) is 4.90 Å². The predicted octanol–water partition coefficient (Wildman–Crippen LogP) is 3.47. The van der Waals surface area contributed by atoms with Gasteiger partial charge in [-0.2, -0.15) is 0 Å². The van der Waals surface area contributed by atoms with Crippen molar-refractivity contribution < 1.29 is 37.0 Å². The van der Waals surface area contributed by atoms with Gasteiger partial charge in [-0.05, 0) is 48.9 Å². The Kier molecular flexibility index (Phi) is 6.06. The van der Waals surface area contributed by atoms with Crippen LogP contribution in [-0.4, -0.2) is 49.2 Å². The highest BCUT2D eigenvalue weighted by Crippen LogP contribution is 2.26. The summed E-state index contributed by atoms with van der Waals surface area (Å²) in [6.07, 6.45) is -4.32. The number of methoxy groups -OCH3 is 1. The molecule has 0 radical (unpaired) electrons. The number of halogens is 3. The average molecular weight is 422 g/mol. The summed E-state index contributed by atoms with van der Waals surface area (Å²) in [5.74, 6) is -1.93. The molecule has 1 aliphatic rings. The van der Waals surface area contributed by atoms with E-state index in [-0.39, 0.29) is 28.9 Å². The van der Waals surface area contributed by atoms with Crippen LogP contribution in [-0.2, 0) is 4.74 Å². The fourth-order valence-electron chi connectivity index (χ4n) is 2.95. The van der Waals surface area contributed by atoms with E-state index in [9.17, 15) is 27.6 Å². The van der Waals surface area contributed by atoms with E-state index in [0.29, 0.717) is 13.0 Å². The molecule has 0 atom stereocenters. The Labute approximate surface area is 169 Å². The molecule has 0 fully saturated rings. The smallest absolute Gasteiger partial charge is 0.406 e.